The summed E-state index contributed by atoms with van der Waals surface area (Å²) in [5, 5.41) is 6.01. The second-order valence-corrected chi connectivity index (χ2v) is 6.75. The first-order valence-electron chi connectivity index (χ1n) is 9.43. The first kappa shape index (κ1) is 21.9. The van der Waals surface area contributed by atoms with Crippen LogP contribution in [-0.2, 0) is 6.54 Å². The maximum atomic E-state index is 13.4. The van der Waals surface area contributed by atoms with Gasteiger partial charge in [-0.15, -0.1) is 12.4 Å². The van der Waals surface area contributed by atoms with Gasteiger partial charge < -0.3 is 15.5 Å². The molecule has 1 aromatic heterocycles. The van der Waals surface area contributed by atoms with E-state index in [-0.39, 0.29) is 30.3 Å². The Bertz CT molecular complexity index is 777. The van der Waals surface area contributed by atoms with Crippen LogP contribution in [0.3, 0.4) is 0 Å². The Morgan fingerprint density at radius 3 is 2.71 bits per heavy atom. The quantitative estimate of drug-likeness (QED) is 0.806. The lowest BCUT2D eigenvalue weighted by atomic mass is 10.0. The van der Waals surface area contributed by atoms with Gasteiger partial charge in [0.15, 0.2) is 0 Å². The second kappa shape index (κ2) is 10.8. The first-order valence-corrected chi connectivity index (χ1v) is 9.43. The van der Waals surface area contributed by atoms with Crippen LogP contribution < -0.4 is 10.6 Å². The third kappa shape index (κ3) is 5.53. The van der Waals surface area contributed by atoms with Crippen LogP contribution in [0.5, 0.6) is 0 Å². The molecule has 2 aromatic rings. The summed E-state index contributed by atoms with van der Waals surface area (Å²) in [6.45, 7) is 2.35. The summed E-state index contributed by atoms with van der Waals surface area (Å²) in [6.07, 6.45) is 4.65. The highest BCUT2D eigenvalue weighted by atomic mass is 35.5. The van der Waals surface area contributed by atoms with Crippen molar-refractivity contribution < 1.29 is 9.59 Å². The number of aromatic nitrogens is 1. The number of rotatable bonds is 5. The standard InChI is InChI=1S/C21H26N4O2.ClH/c1-22-20(26)16-6-4-7-17(14-16)21(27)25(15-18-8-2-3-12-24-18)19-9-5-11-23-13-10-19;/h2-4,6-8,12,14,19,23H,5,9-11,13,15H2,1H3,(H,22,26);1H. The molecule has 2 heterocycles. The fourth-order valence-corrected chi connectivity index (χ4v) is 3.45. The van der Waals surface area contributed by atoms with Gasteiger partial charge >= 0.3 is 0 Å². The topological polar surface area (TPSA) is 74.3 Å². The molecule has 1 aliphatic heterocycles. The van der Waals surface area contributed by atoms with E-state index in [9.17, 15) is 9.59 Å². The molecule has 7 heteroatoms. The molecule has 0 radical (unpaired) electrons. The molecule has 0 saturated carbocycles. The molecule has 0 spiro atoms. The van der Waals surface area contributed by atoms with Crippen molar-refractivity contribution in [1.29, 1.82) is 0 Å². The van der Waals surface area contributed by atoms with Crippen LogP contribution in [0.25, 0.3) is 0 Å². The van der Waals surface area contributed by atoms with E-state index >= 15 is 0 Å². The number of amides is 2. The molecule has 1 fully saturated rings. The van der Waals surface area contributed by atoms with Gasteiger partial charge in [-0.2, -0.15) is 0 Å². The lowest BCUT2D eigenvalue weighted by molar-refractivity contribution is 0.0642. The molecule has 1 unspecified atom stereocenters. The third-order valence-electron chi connectivity index (χ3n) is 4.90. The maximum Gasteiger partial charge on any atom is 0.254 e. The van der Waals surface area contributed by atoms with Gasteiger partial charge in [0.05, 0.1) is 12.2 Å². The molecule has 2 amide bonds. The summed E-state index contributed by atoms with van der Waals surface area (Å²) >= 11 is 0. The van der Waals surface area contributed by atoms with Crippen molar-refractivity contribution in [2.24, 2.45) is 0 Å². The lowest BCUT2D eigenvalue weighted by Crippen LogP contribution is -2.40. The molecule has 6 nitrogen and oxygen atoms in total. The number of carbonyl (C=O) groups is 2. The van der Waals surface area contributed by atoms with Crippen molar-refractivity contribution in [3.05, 3.63) is 65.5 Å². The predicted molar refractivity (Wildman–Crippen MR) is 112 cm³/mol. The maximum absolute atomic E-state index is 13.4. The molecule has 0 bridgehead atoms. The summed E-state index contributed by atoms with van der Waals surface area (Å²) in [6, 6.07) is 12.8. The van der Waals surface area contributed by atoms with Crippen molar-refractivity contribution in [2.45, 2.75) is 31.8 Å². The highest BCUT2D eigenvalue weighted by Crippen LogP contribution is 2.20. The second-order valence-electron chi connectivity index (χ2n) is 6.75. The summed E-state index contributed by atoms with van der Waals surface area (Å²) < 4.78 is 0. The number of carbonyl (C=O) groups excluding carboxylic acids is 2. The summed E-state index contributed by atoms with van der Waals surface area (Å²) in [5.41, 5.74) is 1.89. The fraction of sp³-hybridized carbons (Fsp3) is 0.381. The third-order valence-corrected chi connectivity index (χ3v) is 4.90. The largest absolute Gasteiger partial charge is 0.355 e. The number of halogens is 1. The normalized spacial score (nSPS) is 16.4. The zero-order valence-electron chi connectivity index (χ0n) is 16.1. The van der Waals surface area contributed by atoms with Crippen LogP contribution in [0, 0.1) is 0 Å². The van der Waals surface area contributed by atoms with Gasteiger partial charge in [-0.3, -0.25) is 14.6 Å². The average molecular weight is 403 g/mol. The lowest BCUT2D eigenvalue weighted by Gasteiger charge is -2.31. The van der Waals surface area contributed by atoms with Crippen LogP contribution in [0.15, 0.2) is 48.7 Å². The number of benzene rings is 1. The van der Waals surface area contributed by atoms with E-state index in [0.29, 0.717) is 17.7 Å². The van der Waals surface area contributed by atoms with E-state index < -0.39 is 0 Å². The number of hydrogen-bond acceptors (Lipinski definition) is 4. The Kier molecular flexibility index (Phi) is 8.42. The average Bonchev–Trinajstić information content (AvgIpc) is 3.01. The Morgan fingerprint density at radius 1 is 1.14 bits per heavy atom. The van der Waals surface area contributed by atoms with Gasteiger partial charge in [0, 0.05) is 30.4 Å². The number of nitrogens with one attached hydrogen (secondary N) is 2. The van der Waals surface area contributed by atoms with Crippen LogP contribution in [-0.4, -0.2) is 47.9 Å². The van der Waals surface area contributed by atoms with Gasteiger partial charge in [-0.25, -0.2) is 0 Å². The minimum absolute atomic E-state index is 0. The highest BCUT2D eigenvalue weighted by molar-refractivity contribution is 5.99. The van der Waals surface area contributed by atoms with Crippen molar-refractivity contribution >= 4 is 24.2 Å². The molecule has 1 aromatic carbocycles. The number of nitrogens with zero attached hydrogens (tertiary/aromatic N) is 2. The minimum atomic E-state index is -0.195. The van der Waals surface area contributed by atoms with E-state index in [1.807, 2.05) is 23.1 Å². The smallest absolute Gasteiger partial charge is 0.254 e. The van der Waals surface area contributed by atoms with Crippen LogP contribution >= 0.6 is 12.4 Å². The molecule has 1 aliphatic rings. The van der Waals surface area contributed by atoms with Crippen LogP contribution in [0.2, 0.25) is 0 Å². The molecule has 1 atom stereocenters. The Morgan fingerprint density at radius 2 is 1.96 bits per heavy atom. The zero-order valence-corrected chi connectivity index (χ0v) is 16.9. The first-order chi connectivity index (χ1) is 13.2. The Hall–Kier alpha value is -2.44. The molecular formula is C21H27ClN4O2. The summed E-state index contributed by atoms with van der Waals surface area (Å²) in [7, 11) is 1.59. The van der Waals surface area contributed by atoms with Crippen molar-refractivity contribution in [1.82, 2.24) is 20.5 Å². The van der Waals surface area contributed by atoms with Crippen molar-refractivity contribution in [3.63, 3.8) is 0 Å². The summed E-state index contributed by atoms with van der Waals surface area (Å²) in [4.78, 5) is 31.6. The highest BCUT2D eigenvalue weighted by Gasteiger charge is 2.26. The Balaban J connectivity index is 0.00000280. The van der Waals surface area contributed by atoms with Gasteiger partial charge in [0.1, 0.15) is 0 Å². The monoisotopic (exact) mass is 402 g/mol. The molecule has 28 heavy (non-hydrogen) atoms. The zero-order chi connectivity index (χ0) is 19.1. The number of pyridine rings is 1. The van der Waals surface area contributed by atoms with Gasteiger partial charge in [-0.05, 0) is 62.7 Å². The van der Waals surface area contributed by atoms with Crippen LogP contribution in [0.1, 0.15) is 45.7 Å². The van der Waals surface area contributed by atoms with Gasteiger partial charge in [0.25, 0.3) is 11.8 Å². The van der Waals surface area contributed by atoms with E-state index in [4.69, 9.17) is 0 Å². The molecule has 1 saturated heterocycles. The van der Waals surface area contributed by atoms with Gasteiger partial charge in [-0.1, -0.05) is 12.1 Å². The van der Waals surface area contributed by atoms with E-state index in [1.54, 1.807) is 37.5 Å². The van der Waals surface area contributed by atoms with Crippen molar-refractivity contribution in [2.75, 3.05) is 20.1 Å². The minimum Gasteiger partial charge on any atom is -0.355 e. The van der Waals surface area contributed by atoms with Crippen LogP contribution in [0.4, 0.5) is 0 Å². The SMILES string of the molecule is CNC(=O)c1cccc(C(=O)N(Cc2ccccn2)C2CCCNCC2)c1.Cl. The van der Waals surface area contributed by atoms with E-state index in [2.05, 4.69) is 15.6 Å². The van der Waals surface area contributed by atoms with E-state index in [1.165, 1.54) is 0 Å². The fourth-order valence-electron chi connectivity index (χ4n) is 3.45. The van der Waals surface area contributed by atoms with Crippen molar-refractivity contribution in [3.8, 4) is 0 Å². The van der Waals surface area contributed by atoms with Gasteiger partial charge in [0.2, 0.25) is 0 Å². The molecule has 3 rings (SSSR count). The number of hydrogen-bond donors (Lipinski definition) is 2. The molecule has 2 N–H and O–H groups in total. The molecule has 0 aliphatic carbocycles. The van der Waals surface area contributed by atoms with E-state index in [0.717, 1.165) is 38.0 Å². The predicted octanol–water partition coefficient (Wildman–Crippen LogP) is 2.65. The summed E-state index contributed by atoms with van der Waals surface area (Å²) in [5.74, 6) is -0.252. The molecular weight excluding hydrogens is 376 g/mol. The Labute approximate surface area is 172 Å². The molecule has 150 valence electrons.